The molecule has 2 saturated heterocycles. The van der Waals surface area contributed by atoms with Gasteiger partial charge < -0.3 is 19.5 Å². The second-order valence-corrected chi connectivity index (χ2v) is 9.77. The number of ether oxygens (including phenoxy) is 2. The fraction of sp³-hybridized carbons (Fsp3) is 0.333. The summed E-state index contributed by atoms with van der Waals surface area (Å²) in [5, 5.41) is 13.5. The SMILES string of the molecule is COc1ccc(/C(O)=C2\C(=O)C(=O)N(CC3CCCO3)C2c2cccc3ccccc23)cc1C(C)C. The first-order valence-electron chi connectivity index (χ1n) is 12.5. The van der Waals surface area contributed by atoms with E-state index in [4.69, 9.17) is 9.47 Å². The highest BCUT2D eigenvalue weighted by Gasteiger charge is 2.47. The Bertz CT molecular complexity index is 1350. The van der Waals surface area contributed by atoms with Crippen LogP contribution in [0.5, 0.6) is 5.75 Å². The third kappa shape index (κ3) is 4.16. The lowest BCUT2D eigenvalue weighted by Gasteiger charge is -2.28. The van der Waals surface area contributed by atoms with E-state index >= 15 is 0 Å². The van der Waals surface area contributed by atoms with E-state index in [0.717, 1.165) is 34.7 Å². The molecule has 3 aromatic carbocycles. The van der Waals surface area contributed by atoms with Crippen LogP contribution in [0.25, 0.3) is 16.5 Å². The number of fused-ring (bicyclic) bond motifs is 1. The lowest BCUT2D eigenvalue weighted by molar-refractivity contribution is -0.140. The molecule has 186 valence electrons. The number of Topliss-reactive ketones (excluding diaryl/α,β-unsaturated/α-hetero) is 1. The Morgan fingerprint density at radius 2 is 1.89 bits per heavy atom. The summed E-state index contributed by atoms with van der Waals surface area (Å²) in [6.07, 6.45) is 1.63. The van der Waals surface area contributed by atoms with Gasteiger partial charge in [-0.1, -0.05) is 56.3 Å². The van der Waals surface area contributed by atoms with Crippen molar-refractivity contribution in [3.8, 4) is 5.75 Å². The molecular formula is C30H31NO5. The quantitative estimate of drug-likeness (QED) is 0.281. The molecule has 3 aromatic rings. The molecule has 2 aliphatic heterocycles. The van der Waals surface area contributed by atoms with Crippen molar-refractivity contribution in [3.63, 3.8) is 0 Å². The minimum absolute atomic E-state index is 0.106. The van der Waals surface area contributed by atoms with E-state index in [2.05, 4.69) is 0 Å². The number of benzene rings is 3. The number of aliphatic hydroxyl groups is 1. The number of carbonyl (C=O) groups excluding carboxylic acids is 2. The lowest BCUT2D eigenvalue weighted by atomic mass is 9.90. The highest BCUT2D eigenvalue weighted by Crippen LogP contribution is 2.43. The third-order valence-corrected chi connectivity index (χ3v) is 7.21. The summed E-state index contributed by atoms with van der Waals surface area (Å²) < 4.78 is 11.3. The van der Waals surface area contributed by atoms with E-state index in [1.54, 1.807) is 24.1 Å². The molecule has 2 atom stereocenters. The molecule has 36 heavy (non-hydrogen) atoms. The Kier molecular flexibility index (Phi) is 6.54. The van der Waals surface area contributed by atoms with Crippen LogP contribution in [0.2, 0.25) is 0 Å². The minimum Gasteiger partial charge on any atom is -0.507 e. The molecule has 5 rings (SSSR count). The second kappa shape index (κ2) is 9.78. The van der Waals surface area contributed by atoms with E-state index in [1.807, 2.05) is 62.4 Å². The van der Waals surface area contributed by atoms with E-state index in [-0.39, 0.29) is 23.4 Å². The second-order valence-electron chi connectivity index (χ2n) is 9.77. The zero-order valence-corrected chi connectivity index (χ0v) is 20.9. The number of hydrogen-bond acceptors (Lipinski definition) is 5. The standard InChI is InChI=1S/C30H31NO5/c1-18(2)24-16-20(13-14-25(24)35-3)28(32)26-27(23-12-6-9-19-8-4-5-11-22(19)23)31(30(34)29(26)33)17-21-10-7-15-36-21/h4-6,8-9,11-14,16,18,21,27,32H,7,10,15,17H2,1-3H3/b28-26+. The predicted molar refractivity (Wildman–Crippen MR) is 139 cm³/mol. The normalized spacial score (nSPS) is 21.6. The minimum atomic E-state index is -0.718. The maximum Gasteiger partial charge on any atom is 0.295 e. The molecule has 0 aromatic heterocycles. The Morgan fingerprint density at radius 3 is 2.61 bits per heavy atom. The molecule has 6 nitrogen and oxygen atoms in total. The summed E-state index contributed by atoms with van der Waals surface area (Å²) in [4.78, 5) is 28.5. The van der Waals surface area contributed by atoms with Gasteiger partial charge in [0.15, 0.2) is 0 Å². The smallest absolute Gasteiger partial charge is 0.295 e. The summed E-state index contributed by atoms with van der Waals surface area (Å²) >= 11 is 0. The topological polar surface area (TPSA) is 76.1 Å². The Morgan fingerprint density at radius 1 is 1.11 bits per heavy atom. The van der Waals surface area contributed by atoms with E-state index in [0.29, 0.717) is 24.5 Å². The fourth-order valence-corrected chi connectivity index (χ4v) is 5.38. The number of carbonyl (C=O) groups is 2. The van der Waals surface area contributed by atoms with Crippen LogP contribution < -0.4 is 4.74 Å². The Hall–Kier alpha value is -3.64. The molecule has 6 heteroatoms. The molecule has 1 amide bonds. The van der Waals surface area contributed by atoms with Crippen LogP contribution >= 0.6 is 0 Å². The predicted octanol–water partition coefficient (Wildman–Crippen LogP) is 5.57. The molecule has 0 spiro atoms. The van der Waals surface area contributed by atoms with Crippen molar-refractivity contribution in [1.29, 1.82) is 0 Å². The Balaban J connectivity index is 1.70. The highest BCUT2D eigenvalue weighted by atomic mass is 16.5. The first-order valence-corrected chi connectivity index (χ1v) is 12.5. The van der Waals surface area contributed by atoms with Crippen molar-refractivity contribution in [2.45, 2.75) is 44.8 Å². The molecule has 2 fully saturated rings. The van der Waals surface area contributed by atoms with Gasteiger partial charge in [-0.3, -0.25) is 9.59 Å². The lowest BCUT2D eigenvalue weighted by Crippen LogP contribution is -2.36. The van der Waals surface area contributed by atoms with Gasteiger partial charge >= 0.3 is 0 Å². The van der Waals surface area contributed by atoms with Crippen molar-refractivity contribution in [2.24, 2.45) is 0 Å². The highest BCUT2D eigenvalue weighted by molar-refractivity contribution is 6.46. The first kappa shape index (κ1) is 24.1. The van der Waals surface area contributed by atoms with Gasteiger partial charge in [-0.15, -0.1) is 0 Å². The van der Waals surface area contributed by atoms with Gasteiger partial charge in [0.05, 0.1) is 24.8 Å². The van der Waals surface area contributed by atoms with Crippen LogP contribution in [0.3, 0.4) is 0 Å². The van der Waals surface area contributed by atoms with Crippen LogP contribution in [-0.4, -0.2) is 48.1 Å². The molecule has 0 aliphatic carbocycles. The number of rotatable bonds is 6. The van der Waals surface area contributed by atoms with Gasteiger partial charge in [0.2, 0.25) is 0 Å². The molecule has 0 saturated carbocycles. The van der Waals surface area contributed by atoms with E-state index in [1.165, 1.54) is 0 Å². The summed E-state index contributed by atoms with van der Waals surface area (Å²) in [7, 11) is 1.61. The van der Waals surface area contributed by atoms with Gasteiger partial charge in [-0.25, -0.2) is 0 Å². The van der Waals surface area contributed by atoms with Crippen LogP contribution in [0.4, 0.5) is 0 Å². The number of methoxy groups -OCH3 is 1. The van der Waals surface area contributed by atoms with Gasteiger partial charge in [-0.05, 0) is 58.9 Å². The zero-order chi connectivity index (χ0) is 25.4. The number of hydrogen-bond donors (Lipinski definition) is 1. The maximum absolute atomic E-state index is 13.5. The molecule has 2 heterocycles. The van der Waals surface area contributed by atoms with Crippen molar-refractivity contribution < 1.29 is 24.2 Å². The summed E-state index contributed by atoms with van der Waals surface area (Å²) in [6, 6.07) is 18.4. The molecule has 2 unspecified atom stereocenters. The molecule has 2 aliphatic rings. The number of amides is 1. The van der Waals surface area contributed by atoms with Crippen molar-refractivity contribution in [1.82, 2.24) is 4.90 Å². The van der Waals surface area contributed by atoms with Crippen LogP contribution in [0, 0.1) is 0 Å². The number of nitrogens with zero attached hydrogens (tertiary/aromatic N) is 1. The monoisotopic (exact) mass is 485 g/mol. The van der Waals surface area contributed by atoms with Gasteiger partial charge in [0.1, 0.15) is 11.5 Å². The number of aliphatic hydroxyl groups excluding tert-OH is 1. The number of ketones is 1. The summed E-state index contributed by atoms with van der Waals surface area (Å²) in [5.41, 5.74) is 2.32. The molecule has 0 radical (unpaired) electrons. The van der Waals surface area contributed by atoms with E-state index in [9.17, 15) is 14.7 Å². The zero-order valence-electron chi connectivity index (χ0n) is 20.9. The maximum atomic E-state index is 13.5. The summed E-state index contributed by atoms with van der Waals surface area (Å²) in [6.45, 7) is 5.03. The van der Waals surface area contributed by atoms with Crippen LogP contribution in [-0.2, 0) is 14.3 Å². The van der Waals surface area contributed by atoms with Crippen molar-refractivity contribution in [2.75, 3.05) is 20.3 Å². The average Bonchev–Trinajstić information content (AvgIpc) is 3.50. The van der Waals surface area contributed by atoms with Crippen LogP contribution in [0.1, 0.15) is 55.3 Å². The van der Waals surface area contributed by atoms with E-state index < -0.39 is 17.7 Å². The third-order valence-electron chi connectivity index (χ3n) is 7.21. The first-order chi connectivity index (χ1) is 17.4. The average molecular weight is 486 g/mol. The molecule has 1 N–H and O–H groups in total. The Labute approximate surface area is 211 Å². The van der Waals surface area contributed by atoms with Gasteiger partial charge in [-0.2, -0.15) is 0 Å². The van der Waals surface area contributed by atoms with Crippen molar-refractivity contribution >= 4 is 28.2 Å². The largest absolute Gasteiger partial charge is 0.507 e. The number of likely N-dealkylation sites (tertiary alicyclic amines) is 1. The molecular weight excluding hydrogens is 454 g/mol. The summed E-state index contributed by atoms with van der Waals surface area (Å²) in [5.74, 6) is -0.604. The van der Waals surface area contributed by atoms with Crippen molar-refractivity contribution in [3.05, 3.63) is 82.9 Å². The van der Waals surface area contributed by atoms with Gasteiger partial charge in [0, 0.05) is 18.7 Å². The fourth-order valence-electron chi connectivity index (χ4n) is 5.38. The molecule has 0 bridgehead atoms. The van der Waals surface area contributed by atoms with Gasteiger partial charge in [0.25, 0.3) is 11.7 Å². The van der Waals surface area contributed by atoms with Crippen LogP contribution in [0.15, 0.2) is 66.2 Å².